The first-order valence-corrected chi connectivity index (χ1v) is 6.61. The summed E-state index contributed by atoms with van der Waals surface area (Å²) in [5.41, 5.74) is 1.06. The third-order valence-electron chi connectivity index (χ3n) is 2.65. The molecule has 1 amide bonds. The summed E-state index contributed by atoms with van der Waals surface area (Å²) in [6, 6.07) is 10.1. The monoisotopic (exact) mass is 322 g/mol. The zero-order valence-electron chi connectivity index (χ0n) is 11.3. The Morgan fingerprint density at radius 3 is 2.68 bits per heavy atom. The molecule has 22 heavy (non-hydrogen) atoms. The Balaban J connectivity index is 1.92. The molecule has 0 atom stereocenters. The first-order chi connectivity index (χ1) is 10.6. The summed E-state index contributed by atoms with van der Waals surface area (Å²) in [5.74, 6) is -0.456. The van der Waals surface area contributed by atoms with Crippen molar-refractivity contribution < 1.29 is 19.1 Å². The molecule has 2 aromatic rings. The molecule has 2 aromatic carbocycles. The van der Waals surface area contributed by atoms with E-state index in [1.165, 1.54) is 36.5 Å². The number of anilines is 1. The Labute approximate surface area is 131 Å². The molecule has 0 aliphatic carbocycles. The quantitative estimate of drug-likeness (QED) is 0.504. The van der Waals surface area contributed by atoms with Crippen LogP contribution in [-0.2, 0) is 4.79 Å². The van der Waals surface area contributed by atoms with Crippen molar-refractivity contribution >= 4 is 29.4 Å². The van der Waals surface area contributed by atoms with E-state index >= 15 is 0 Å². The van der Waals surface area contributed by atoms with E-state index in [0.29, 0.717) is 17.0 Å². The molecule has 2 rings (SSSR count). The van der Waals surface area contributed by atoms with Gasteiger partial charge in [-0.3, -0.25) is 4.79 Å². The van der Waals surface area contributed by atoms with Crippen LogP contribution in [0, 0.1) is 5.82 Å². The normalized spacial score (nSPS) is 10.6. The Morgan fingerprint density at radius 1 is 1.32 bits per heavy atom. The molecule has 0 saturated carbocycles. The minimum Gasteiger partial charge on any atom is -0.482 e. The van der Waals surface area contributed by atoms with Gasteiger partial charge in [0.2, 0.25) is 0 Å². The highest BCUT2D eigenvalue weighted by molar-refractivity contribution is 6.32. The number of hydrogen-bond acceptors (Lipinski definition) is 4. The van der Waals surface area contributed by atoms with Crippen molar-refractivity contribution in [2.45, 2.75) is 0 Å². The van der Waals surface area contributed by atoms with Gasteiger partial charge >= 0.3 is 0 Å². The van der Waals surface area contributed by atoms with E-state index in [-0.39, 0.29) is 17.4 Å². The zero-order valence-corrected chi connectivity index (χ0v) is 12.0. The lowest BCUT2D eigenvalue weighted by Gasteiger charge is -2.09. The minimum absolute atomic E-state index is 0.246. The molecule has 0 fully saturated rings. The van der Waals surface area contributed by atoms with Gasteiger partial charge in [0.1, 0.15) is 11.6 Å². The fourth-order valence-corrected chi connectivity index (χ4v) is 1.90. The second kappa shape index (κ2) is 7.42. The van der Waals surface area contributed by atoms with Crippen LogP contribution in [0.15, 0.2) is 47.6 Å². The maximum Gasteiger partial charge on any atom is 0.262 e. The zero-order chi connectivity index (χ0) is 15.9. The van der Waals surface area contributed by atoms with Crippen LogP contribution >= 0.6 is 11.6 Å². The number of benzene rings is 2. The SMILES string of the molecule is O=C(COc1ccc(/C=N/O)cc1Cl)Nc1ccc(F)cc1. The van der Waals surface area contributed by atoms with Crippen LogP contribution in [0.3, 0.4) is 0 Å². The van der Waals surface area contributed by atoms with Crippen molar-refractivity contribution in [2.75, 3.05) is 11.9 Å². The molecule has 0 spiro atoms. The van der Waals surface area contributed by atoms with Crippen LogP contribution in [0.25, 0.3) is 0 Å². The van der Waals surface area contributed by atoms with Crippen LogP contribution in [-0.4, -0.2) is 23.9 Å². The third kappa shape index (κ3) is 4.46. The molecule has 0 heterocycles. The number of rotatable bonds is 5. The second-order valence-corrected chi connectivity index (χ2v) is 4.69. The average Bonchev–Trinajstić information content (AvgIpc) is 2.49. The van der Waals surface area contributed by atoms with Gasteiger partial charge in [-0.2, -0.15) is 0 Å². The predicted octanol–water partition coefficient (Wildman–Crippen LogP) is 3.30. The molecule has 2 N–H and O–H groups in total. The van der Waals surface area contributed by atoms with E-state index in [4.69, 9.17) is 21.5 Å². The van der Waals surface area contributed by atoms with Gasteiger partial charge < -0.3 is 15.3 Å². The molecule has 0 saturated heterocycles. The topological polar surface area (TPSA) is 70.9 Å². The van der Waals surface area contributed by atoms with Gasteiger partial charge in [0.15, 0.2) is 6.61 Å². The van der Waals surface area contributed by atoms with Crippen molar-refractivity contribution in [1.82, 2.24) is 0 Å². The average molecular weight is 323 g/mol. The fraction of sp³-hybridized carbons (Fsp3) is 0.0667. The lowest BCUT2D eigenvalue weighted by Crippen LogP contribution is -2.20. The number of hydrogen-bond donors (Lipinski definition) is 2. The van der Waals surface area contributed by atoms with Crippen LogP contribution < -0.4 is 10.1 Å². The van der Waals surface area contributed by atoms with E-state index < -0.39 is 5.91 Å². The van der Waals surface area contributed by atoms with Gasteiger partial charge in [0.05, 0.1) is 11.2 Å². The van der Waals surface area contributed by atoms with Crippen LogP contribution in [0.2, 0.25) is 5.02 Å². The van der Waals surface area contributed by atoms with E-state index in [1.807, 2.05) is 0 Å². The van der Waals surface area contributed by atoms with Crippen LogP contribution in [0.4, 0.5) is 10.1 Å². The standard InChI is InChI=1S/C15H12ClFN2O3/c16-13-7-10(8-18-21)1-6-14(13)22-9-15(20)19-12-4-2-11(17)3-5-12/h1-8,21H,9H2,(H,19,20)/b18-8+. The smallest absolute Gasteiger partial charge is 0.262 e. The summed E-state index contributed by atoms with van der Waals surface area (Å²) < 4.78 is 18.1. The molecule has 0 aliphatic rings. The summed E-state index contributed by atoms with van der Waals surface area (Å²) in [4.78, 5) is 11.7. The molecule has 5 nitrogen and oxygen atoms in total. The maximum absolute atomic E-state index is 12.7. The number of nitrogens with one attached hydrogen (secondary N) is 1. The fourth-order valence-electron chi connectivity index (χ4n) is 1.65. The van der Waals surface area contributed by atoms with Gasteiger partial charge in [-0.1, -0.05) is 16.8 Å². The Hall–Kier alpha value is -2.60. The van der Waals surface area contributed by atoms with E-state index in [0.717, 1.165) is 0 Å². The lowest BCUT2D eigenvalue weighted by atomic mass is 10.2. The predicted molar refractivity (Wildman–Crippen MR) is 81.4 cm³/mol. The van der Waals surface area contributed by atoms with Crippen molar-refractivity contribution in [1.29, 1.82) is 0 Å². The second-order valence-electron chi connectivity index (χ2n) is 4.28. The highest BCUT2D eigenvalue weighted by atomic mass is 35.5. The first kappa shape index (κ1) is 15.8. The van der Waals surface area contributed by atoms with Crippen molar-refractivity contribution in [3.05, 3.63) is 58.9 Å². The van der Waals surface area contributed by atoms with Crippen molar-refractivity contribution in [2.24, 2.45) is 5.16 Å². The highest BCUT2D eigenvalue weighted by Gasteiger charge is 2.07. The van der Waals surface area contributed by atoms with Crippen molar-refractivity contribution in [3.8, 4) is 5.75 Å². The van der Waals surface area contributed by atoms with Gasteiger partial charge in [0, 0.05) is 5.69 Å². The molecule has 0 bridgehead atoms. The van der Waals surface area contributed by atoms with Gasteiger partial charge in [-0.15, -0.1) is 0 Å². The summed E-state index contributed by atoms with van der Waals surface area (Å²) in [5, 5.41) is 14.2. The molecule has 0 unspecified atom stereocenters. The molecule has 0 aromatic heterocycles. The maximum atomic E-state index is 12.7. The van der Waals surface area contributed by atoms with Gasteiger partial charge in [-0.25, -0.2) is 4.39 Å². The molecule has 0 radical (unpaired) electrons. The molecule has 114 valence electrons. The van der Waals surface area contributed by atoms with Crippen LogP contribution in [0.5, 0.6) is 5.75 Å². The highest BCUT2D eigenvalue weighted by Crippen LogP contribution is 2.25. The number of oxime groups is 1. The Bertz CT molecular complexity index is 690. The molecule has 0 aliphatic heterocycles. The molecule has 7 heteroatoms. The number of nitrogens with zero attached hydrogens (tertiary/aromatic N) is 1. The van der Waals surface area contributed by atoms with Gasteiger partial charge in [-0.05, 0) is 48.0 Å². The third-order valence-corrected chi connectivity index (χ3v) is 2.94. The number of carbonyl (C=O) groups excluding carboxylic acids is 1. The van der Waals surface area contributed by atoms with E-state index in [9.17, 15) is 9.18 Å². The lowest BCUT2D eigenvalue weighted by molar-refractivity contribution is -0.118. The number of halogens is 2. The van der Waals surface area contributed by atoms with Crippen molar-refractivity contribution in [3.63, 3.8) is 0 Å². The molecular weight excluding hydrogens is 311 g/mol. The Kier molecular flexibility index (Phi) is 5.32. The van der Waals surface area contributed by atoms with E-state index in [2.05, 4.69) is 10.5 Å². The minimum atomic E-state index is -0.399. The Morgan fingerprint density at radius 2 is 2.05 bits per heavy atom. The van der Waals surface area contributed by atoms with E-state index in [1.54, 1.807) is 12.1 Å². The molecular formula is C15H12ClFN2O3. The summed E-state index contributed by atoms with van der Waals surface area (Å²) in [7, 11) is 0. The summed E-state index contributed by atoms with van der Waals surface area (Å²) in [6.45, 7) is -0.246. The first-order valence-electron chi connectivity index (χ1n) is 6.23. The summed E-state index contributed by atoms with van der Waals surface area (Å²) in [6.07, 6.45) is 1.22. The number of ether oxygens (including phenoxy) is 1. The largest absolute Gasteiger partial charge is 0.482 e. The number of carbonyl (C=O) groups is 1. The summed E-state index contributed by atoms with van der Waals surface area (Å²) >= 11 is 5.98. The van der Waals surface area contributed by atoms with Crippen LogP contribution in [0.1, 0.15) is 5.56 Å². The number of amides is 1. The van der Waals surface area contributed by atoms with Gasteiger partial charge in [0.25, 0.3) is 5.91 Å².